The quantitative estimate of drug-likeness (QED) is 0.398. The number of rotatable bonds is 4. The molecule has 0 saturated heterocycles. The largest absolute Gasteiger partial charge is 0.103 e. The van der Waals surface area contributed by atoms with Crippen molar-refractivity contribution in [3.63, 3.8) is 0 Å². The number of hydrogen-bond donors (Lipinski definition) is 0. The molecule has 0 aromatic heterocycles. The van der Waals surface area contributed by atoms with E-state index in [9.17, 15) is 0 Å². The van der Waals surface area contributed by atoms with Crippen LogP contribution in [0, 0.1) is 18.8 Å². The van der Waals surface area contributed by atoms with Crippen LogP contribution in [0.3, 0.4) is 0 Å². The Kier molecular flexibility index (Phi) is 5.61. The summed E-state index contributed by atoms with van der Waals surface area (Å²) in [5.74, 6) is 6.39. The van der Waals surface area contributed by atoms with Crippen LogP contribution in [-0.2, 0) is 0 Å². The Hall–Kier alpha value is -2.52. The highest BCUT2D eigenvalue weighted by atomic mass is 13.9. The Morgan fingerprint density at radius 3 is 2.00 bits per heavy atom. The van der Waals surface area contributed by atoms with Gasteiger partial charge in [-0.15, -0.1) is 6.58 Å². The summed E-state index contributed by atoms with van der Waals surface area (Å²) in [5.41, 5.74) is 4.56. The number of allylic oxidation sites excluding steroid dienone is 2. The first-order valence-electron chi connectivity index (χ1n) is 7.24. The summed E-state index contributed by atoms with van der Waals surface area (Å²) in [4.78, 5) is 0. The van der Waals surface area contributed by atoms with E-state index in [1.54, 1.807) is 0 Å². The zero-order valence-electron chi connectivity index (χ0n) is 12.5. The maximum absolute atomic E-state index is 3.72. The zero-order chi connectivity index (χ0) is 14.9. The van der Waals surface area contributed by atoms with E-state index >= 15 is 0 Å². The summed E-state index contributed by atoms with van der Waals surface area (Å²) in [5, 5.41) is 0. The summed E-state index contributed by atoms with van der Waals surface area (Å²) in [6.07, 6.45) is 8.32. The number of unbranched alkanes of at least 4 members (excludes halogenated alkanes) is 1. The molecule has 0 aliphatic carbocycles. The van der Waals surface area contributed by atoms with Gasteiger partial charge in [-0.3, -0.25) is 0 Å². The molecule has 104 valence electrons. The predicted molar refractivity (Wildman–Crippen MR) is 92.1 cm³/mol. The maximum Gasteiger partial charge on any atom is 0.0249 e. The summed E-state index contributed by atoms with van der Waals surface area (Å²) >= 11 is 0. The SMILES string of the molecule is C=CCCC=Cc1ccc(C#Cc2ccc(C)cc2)cc1. The van der Waals surface area contributed by atoms with Gasteiger partial charge in [0, 0.05) is 11.1 Å². The van der Waals surface area contributed by atoms with Crippen molar-refractivity contribution in [2.75, 3.05) is 0 Å². The molecule has 0 aliphatic heterocycles. The number of aryl methyl sites for hydroxylation is 1. The van der Waals surface area contributed by atoms with Crippen molar-refractivity contribution in [2.45, 2.75) is 19.8 Å². The highest BCUT2D eigenvalue weighted by molar-refractivity contribution is 5.52. The van der Waals surface area contributed by atoms with E-state index in [2.05, 4.69) is 86.0 Å². The molecule has 0 radical (unpaired) electrons. The van der Waals surface area contributed by atoms with Crippen LogP contribution in [0.4, 0.5) is 0 Å². The molecule has 2 rings (SSSR count). The van der Waals surface area contributed by atoms with Gasteiger partial charge in [-0.25, -0.2) is 0 Å². The minimum atomic E-state index is 1.02. The Morgan fingerprint density at radius 1 is 0.857 bits per heavy atom. The standard InChI is InChI=1S/C21H20/c1-3-4-5-6-7-19-12-14-21(15-13-19)17-16-20-10-8-18(2)9-11-20/h3,6-15H,1,4-5H2,2H3. The molecule has 0 atom stereocenters. The smallest absolute Gasteiger partial charge is 0.0249 e. The summed E-state index contributed by atoms with van der Waals surface area (Å²) < 4.78 is 0. The van der Waals surface area contributed by atoms with Gasteiger partial charge < -0.3 is 0 Å². The fourth-order valence-electron chi connectivity index (χ4n) is 1.89. The first-order chi connectivity index (χ1) is 10.3. The van der Waals surface area contributed by atoms with Crippen LogP contribution in [0.5, 0.6) is 0 Å². The van der Waals surface area contributed by atoms with Crippen molar-refractivity contribution in [1.29, 1.82) is 0 Å². The van der Waals surface area contributed by atoms with E-state index < -0.39 is 0 Å². The topological polar surface area (TPSA) is 0 Å². The van der Waals surface area contributed by atoms with E-state index in [1.165, 1.54) is 11.1 Å². The molecule has 0 saturated carbocycles. The lowest BCUT2D eigenvalue weighted by Crippen LogP contribution is -1.78. The second-order valence-electron chi connectivity index (χ2n) is 5.01. The Morgan fingerprint density at radius 2 is 1.43 bits per heavy atom. The van der Waals surface area contributed by atoms with Gasteiger partial charge in [-0.05, 0) is 49.6 Å². The molecule has 0 heteroatoms. The second kappa shape index (κ2) is 7.92. The fourth-order valence-corrected chi connectivity index (χ4v) is 1.89. The van der Waals surface area contributed by atoms with Crippen molar-refractivity contribution in [2.24, 2.45) is 0 Å². The normalized spacial score (nSPS) is 10.1. The van der Waals surface area contributed by atoms with Gasteiger partial charge in [0.15, 0.2) is 0 Å². The molecule has 2 aromatic rings. The van der Waals surface area contributed by atoms with Gasteiger partial charge in [0.2, 0.25) is 0 Å². The monoisotopic (exact) mass is 272 g/mol. The lowest BCUT2D eigenvalue weighted by molar-refractivity contribution is 1.06. The molecule has 0 amide bonds. The highest BCUT2D eigenvalue weighted by Crippen LogP contribution is 2.07. The van der Waals surface area contributed by atoms with Gasteiger partial charge >= 0.3 is 0 Å². The van der Waals surface area contributed by atoms with Crippen molar-refractivity contribution >= 4 is 6.08 Å². The van der Waals surface area contributed by atoms with Crippen molar-refractivity contribution in [3.05, 3.63) is 89.5 Å². The minimum absolute atomic E-state index is 1.02. The molecule has 0 N–H and O–H groups in total. The average molecular weight is 272 g/mol. The summed E-state index contributed by atoms with van der Waals surface area (Å²) in [7, 11) is 0. The summed E-state index contributed by atoms with van der Waals surface area (Å²) in [6, 6.07) is 16.6. The first kappa shape index (κ1) is 14.9. The van der Waals surface area contributed by atoms with Crippen LogP contribution >= 0.6 is 0 Å². The van der Waals surface area contributed by atoms with Crippen molar-refractivity contribution < 1.29 is 0 Å². The molecular formula is C21H20. The van der Waals surface area contributed by atoms with E-state index in [4.69, 9.17) is 0 Å². The third-order valence-electron chi connectivity index (χ3n) is 3.16. The number of hydrogen-bond acceptors (Lipinski definition) is 0. The van der Waals surface area contributed by atoms with Gasteiger partial charge in [-0.1, -0.05) is 59.9 Å². The van der Waals surface area contributed by atoms with E-state index in [0.717, 1.165) is 24.0 Å². The van der Waals surface area contributed by atoms with Crippen LogP contribution in [0.25, 0.3) is 6.08 Å². The minimum Gasteiger partial charge on any atom is -0.103 e. The number of benzene rings is 2. The van der Waals surface area contributed by atoms with Crippen LogP contribution in [0.2, 0.25) is 0 Å². The van der Waals surface area contributed by atoms with Crippen molar-refractivity contribution in [1.82, 2.24) is 0 Å². The predicted octanol–water partition coefficient (Wildman–Crippen LogP) is 5.37. The van der Waals surface area contributed by atoms with Crippen LogP contribution < -0.4 is 0 Å². The first-order valence-corrected chi connectivity index (χ1v) is 7.24. The third-order valence-corrected chi connectivity index (χ3v) is 3.16. The van der Waals surface area contributed by atoms with Crippen molar-refractivity contribution in [3.8, 4) is 11.8 Å². The molecule has 0 spiro atoms. The molecule has 0 fully saturated rings. The molecule has 0 bridgehead atoms. The molecule has 2 aromatic carbocycles. The van der Waals surface area contributed by atoms with Crippen LogP contribution in [-0.4, -0.2) is 0 Å². The van der Waals surface area contributed by atoms with Gasteiger partial charge in [0.25, 0.3) is 0 Å². The summed E-state index contributed by atoms with van der Waals surface area (Å²) in [6.45, 7) is 5.80. The molecule has 0 aliphatic rings. The highest BCUT2D eigenvalue weighted by Gasteiger charge is 1.89. The van der Waals surface area contributed by atoms with Crippen LogP contribution in [0.1, 0.15) is 35.1 Å². The Bertz CT molecular complexity index is 659. The van der Waals surface area contributed by atoms with E-state index in [0.29, 0.717) is 0 Å². The Labute approximate surface area is 127 Å². The maximum atomic E-state index is 3.72. The van der Waals surface area contributed by atoms with Gasteiger partial charge in [0.1, 0.15) is 0 Å². The van der Waals surface area contributed by atoms with Gasteiger partial charge in [-0.2, -0.15) is 0 Å². The average Bonchev–Trinajstić information content (AvgIpc) is 2.52. The lowest BCUT2D eigenvalue weighted by Gasteiger charge is -1.95. The molecule has 21 heavy (non-hydrogen) atoms. The Balaban J connectivity index is 2.01. The lowest BCUT2D eigenvalue weighted by atomic mass is 10.1. The molecule has 0 unspecified atom stereocenters. The third kappa shape index (κ3) is 5.16. The molecule has 0 heterocycles. The second-order valence-corrected chi connectivity index (χ2v) is 5.01. The van der Waals surface area contributed by atoms with Crippen LogP contribution in [0.15, 0.2) is 67.3 Å². The van der Waals surface area contributed by atoms with Gasteiger partial charge in [0.05, 0.1) is 0 Å². The van der Waals surface area contributed by atoms with E-state index in [-0.39, 0.29) is 0 Å². The molecule has 0 nitrogen and oxygen atoms in total. The molecular weight excluding hydrogens is 252 g/mol. The van der Waals surface area contributed by atoms with E-state index in [1.807, 2.05) is 6.08 Å². The fraction of sp³-hybridized carbons (Fsp3) is 0.143. The zero-order valence-corrected chi connectivity index (χ0v) is 12.5.